The lowest BCUT2D eigenvalue weighted by Gasteiger charge is -2.32. The van der Waals surface area contributed by atoms with Crippen LogP contribution < -0.4 is 0 Å². The summed E-state index contributed by atoms with van der Waals surface area (Å²) in [7, 11) is 0. The third kappa shape index (κ3) is 5.13. The first-order valence-corrected chi connectivity index (χ1v) is 18.4. The van der Waals surface area contributed by atoms with E-state index in [9.17, 15) is 0 Å². The second-order valence-electron chi connectivity index (χ2n) is 13.9. The number of rotatable bonds is 7. The Hall–Kier alpha value is -5.47. The summed E-state index contributed by atoms with van der Waals surface area (Å²) in [6.45, 7) is 4.34. The van der Waals surface area contributed by atoms with Gasteiger partial charge in [-0.25, -0.2) is 0 Å². The van der Waals surface area contributed by atoms with Crippen molar-refractivity contribution >= 4 is 60.3 Å². The molecule has 0 amide bonds. The molecule has 0 atom stereocenters. The Morgan fingerprint density at radius 2 is 1.48 bits per heavy atom. The maximum Gasteiger partial charge on any atom is 0.0663 e. The topological polar surface area (TPSA) is 17.3 Å². The number of allylic oxidation sites excluding steroid dienone is 5. The normalized spacial score (nSPS) is 15.9. The lowest BCUT2D eigenvalue weighted by molar-refractivity contribution is 0.360. The van der Waals surface area contributed by atoms with Gasteiger partial charge in [0.15, 0.2) is 0 Å². The molecular formula is C48H42N2. The summed E-state index contributed by atoms with van der Waals surface area (Å²) >= 11 is 0. The summed E-state index contributed by atoms with van der Waals surface area (Å²) in [5.74, 6) is 0.702. The molecule has 1 aromatic heterocycles. The van der Waals surface area contributed by atoms with Crippen LogP contribution in [0.2, 0.25) is 0 Å². The van der Waals surface area contributed by atoms with E-state index in [4.69, 9.17) is 4.99 Å². The molecule has 0 saturated heterocycles. The number of aliphatic imine (C=N–C) groups is 1. The summed E-state index contributed by atoms with van der Waals surface area (Å²) in [5.41, 5.74) is 12.5. The predicted octanol–water partition coefficient (Wildman–Crippen LogP) is 13.3. The lowest BCUT2D eigenvalue weighted by Crippen LogP contribution is -2.16. The minimum Gasteiger partial charge on any atom is -0.309 e. The number of fused-ring (bicyclic) bond motifs is 5. The summed E-state index contributed by atoms with van der Waals surface area (Å²) in [6, 6.07) is 44.8. The van der Waals surface area contributed by atoms with E-state index in [0.717, 1.165) is 36.2 Å². The molecule has 1 saturated carbocycles. The number of para-hydroxylation sites is 1. The van der Waals surface area contributed by atoms with Gasteiger partial charge in [-0.2, -0.15) is 0 Å². The van der Waals surface area contributed by atoms with Crippen molar-refractivity contribution in [3.8, 4) is 5.69 Å². The molecule has 50 heavy (non-hydrogen) atoms. The van der Waals surface area contributed by atoms with Crippen LogP contribution in [0.25, 0.3) is 60.3 Å². The van der Waals surface area contributed by atoms with Gasteiger partial charge in [0.2, 0.25) is 0 Å². The molecule has 0 N–H and O–H groups in total. The molecule has 0 bridgehead atoms. The zero-order valence-electron chi connectivity index (χ0n) is 29.0. The summed E-state index contributed by atoms with van der Waals surface area (Å²) in [4.78, 5) is 5.44. The molecule has 6 aromatic carbocycles. The van der Waals surface area contributed by atoms with Crippen molar-refractivity contribution in [1.29, 1.82) is 0 Å². The molecule has 0 aliphatic heterocycles. The zero-order valence-corrected chi connectivity index (χ0v) is 29.0. The summed E-state index contributed by atoms with van der Waals surface area (Å²) < 4.78 is 2.53. The first kappa shape index (κ1) is 30.6. The highest BCUT2D eigenvalue weighted by atomic mass is 15.0. The number of aromatic nitrogens is 1. The van der Waals surface area contributed by atoms with E-state index in [0.29, 0.717) is 5.92 Å². The van der Waals surface area contributed by atoms with E-state index >= 15 is 0 Å². The average Bonchev–Trinajstić information content (AvgIpc) is 3.46. The van der Waals surface area contributed by atoms with Gasteiger partial charge in [0.1, 0.15) is 0 Å². The highest BCUT2D eigenvalue weighted by Crippen LogP contribution is 2.45. The summed E-state index contributed by atoms with van der Waals surface area (Å²) in [6.07, 6.45) is 14.1. The number of hydrogen-bond donors (Lipinski definition) is 0. The molecule has 0 spiro atoms. The van der Waals surface area contributed by atoms with Crippen LogP contribution in [0, 0.1) is 5.92 Å². The molecule has 0 unspecified atom stereocenters. The van der Waals surface area contributed by atoms with Crippen molar-refractivity contribution in [1.82, 2.24) is 4.57 Å². The van der Waals surface area contributed by atoms with E-state index in [1.165, 1.54) is 85.0 Å². The van der Waals surface area contributed by atoms with Crippen LogP contribution in [0.3, 0.4) is 0 Å². The van der Waals surface area contributed by atoms with Gasteiger partial charge in [0.25, 0.3) is 0 Å². The van der Waals surface area contributed by atoms with E-state index in [-0.39, 0.29) is 0 Å². The van der Waals surface area contributed by atoms with E-state index < -0.39 is 0 Å². The van der Waals surface area contributed by atoms with Crippen LogP contribution in [0.15, 0.2) is 150 Å². The SMILES string of the molecule is C/C=C(/N=C(\CC)c1cccc2ccccc12)c1ccc(C2=C(C3CCC3)CCC=C2)c(-n2c3ccccc3c3cc4ccccc4cc32)c1. The van der Waals surface area contributed by atoms with Gasteiger partial charge in [0, 0.05) is 33.2 Å². The molecule has 2 aliphatic rings. The highest BCUT2D eigenvalue weighted by molar-refractivity contribution is 6.14. The predicted molar refractivity (Wildman–Crippen MR) is 215 cm³/mol. The van der Waals surface area contributed by atoms with Gasteiger partial charge in [0.05, 0.1) is 22.4 Å². The molecule has 2 aliphatic carbocycles. The third-order valence-corrected chi connectivity index (χ3v) is 11.1. The standard InChI is InChI=1S/C48H42N2/c1-3-44(49-45(4-2)40-25-14-20-32-15-7-8-22-38(32)40)36-27-28-42(39-23-10-9-21-37(39)33-18-13-19-33)47(31-36)50-46-26-12-11-24-41(46)43-29-34-16-5-6-17-35(34)30-48(43)50/h3,5-8,10-12,14-17,20,22-31,33H,4,9,13,18-19,21H2,1-2H3/b44-3+,49-45+. The fourth-order valence-electron chi connectivity index (χ4n) is 8.39. The Labute approximate surface area is 294 Å². The van der Waals surface area contributed by atoms with Crippen LogP contribution in [-0.4, -0.2) is 10.3 Å². The smallest absolute Gasteiger partial charge is 0.0663 e. The lowest BCUT2D eigenvalue weighted by atomic mass is 9.73. The van der Waals surface area contributed by atoms with Crippen LogP contribution in [0.1, 0.15) is 69.1 Å². The van der Waals surface area contributed by atoms with Crippen molar-refractivity contribution in [2.75, 3.05) is 0 Å². The first-order chi connectivity index (χ1) is 24.7. The second-order valence-corrected chi connectivity index (χ2v) is 13.9. The maximum atomic E-state index is 5.44. The van der Waals surface area contributed by atoms with Crippen LogP contribution in [0.5, 0.6) is 0 Å². The van der Waals surface area contributed by atoms with Crippen molar-refractivity contribution < 1.29 is 0 Å². The van der Waals surface area contributed by atoms with Gasteiger partial charge in [-0.3, -0.25) is 4.99 Å². The fraction of sp³-hybridized carbons (Fsp3) is 0.188. The van der Waals surface area contributed by atoms with E-state index in [2.05, 4.69) is 158 Å². The molecule has 2 nitrogen and oxygen atoms in total. The monoisotopic (exact) mass is 646 g/mol. The van der Waals surface area contributed by atoms with Crippen LogP contribution >= 0.6 is 0 Å². The van der Waals surface area contributed by atoms with Gasteiger partial charge >= 0.3 is 0 Å². The third-order valence-electron chi connectivity index (χ3n) is 11.1. The van der Waals surface area contributed by atoms with E-state index in [1.807, 2.05) is 0 Å². The molecule has 1 fully saturated rings. The average molecular weight is 647 g/mol. The molecular weight excluding hydrogens is 605 g/mol. The molecule has 7 aromatic rings. The molecule has 1 heterocycles. The Kier molecular flexibility index (Phi) is 7.81. The first-order valence-electron chi connectivity index (χ1n) is 18.4. The highest BCUT2D eigenvalue weighted by Gasteiger charge is 2.27. The fourth-order valence-corrected chi connectivity index (χ4v) is 8.39. The van der Waals surface area contributed by atoms with Gasteiger partial charge in [-0.1, -0.05) is 134 Å². The Morgan fingerprint density at radius 3 is 2.26 bits per heavy atom. The molecule has 9 rings (SSSR count). The largest absolute Gasteiger partial charge is 0.309 e. The van der Waals surface area contributed by atoms with Crippen molar-refractivity contribution in [3.05, 3.63) is 162 Å². The second kappa shape index (κ2) is 12.8. The van der Waals surface area contributed by atoms with E-state index in [1.54, 1.807) is 5.57 Å². The number of benzene rings is 6. The maximum absolute atomic E-state index is 5.44. The quantitative estimate of drug-likeness (QED) is 0.153. The Balaban J connectivity index is 1.30. The van der Waals surface area contributed by atoms with Crippen LogP contribution in [-0.2, 0) is 0 Å². The summed E-state index contributed by atoms with van der Waals surface area (Å²) in [5, 5.41) is 7.60. The van der Waals surface area contributed by atoms with Crippen molar-refractivity contribution in [2.24, 2.45) is 10.9 Å². The van der Waals surface area contributed by atoms with Gasteiger partial charge in [-0.05, 0) is 96.3 Å². The van der Waals surface area contributed by atoms with Gasteiger partial charge < -0.3 is 4.57 Å². The minimum atomic E-state index is 0.702. The zero-order chi connectivity index (χ0) is 33.6. The molecule has 244 valence electrons. The van der Waals surface area contributed by atoms with Crippen molar-refractivity contribution in [3.63, 3.8) is 0 Å². The Bertz CT molecular complexity index is 2560. The number of nitrogens with zero attached hydrogens (tertiary/aromatic N) is 2. The minimum absolute atomic E-state index is 0.702. The van der Waals surface area contributed by atoms with Crippen LogP contribution in [0.4, 0.5) is 0 Å². The van der Waals surface area contributed by atoms with Crippen molar-refractivity contribution in [2.45, 2.75) is 52.4 Å². The number of hydrogen-bond acceptors (Lipinski definition) is 1. The van der Waals surface area contributed by atoms with Gasteiger partial charge in [-0.15, -0.1) is 0 Å². The Morgan fingerprint density at radius 1 is 0.740 bits per heavy atom. The molecule has 2 heteroatoms. The molecule has 0 radical (unpaired) electrons.